The van der Waals surface area contributed by atoms with E-state index in [0.29, 0.717) is 18.4 Å². The highest BCUT2D eigenvalue weighted by atomic mass is 16.5. The number of likely N-dealkylation sites (tertiary alicyclic amines) is 1. The first-order chi connectivity index (χ1) is 12.2. The zero-order valence-corrected chi connectivity index (χ0v) is 15.5. The fraction of sp³-hybridized carbons (Fsp3) is 0.889. The summed E-state index contributed by atoms with van der Waals surface area (Å²) in [6, 6.07) is 0. The Labute approximate surface area is 151 Å². The van der Waals surface area contributed by atoms with Gasteiger partial charge in [0.05, 0.1) is 6.10 Å². The Morgan fingerprint density at radius 1 is 1.36 bits per heavy atom. The molecule has 0 spiro atoms. The van der Waals surface area contributed by atoms with Crippen molar-refractivity contribution in [1.82, 2.24) is 10.2 Å². The maximum absolute atomic E-state index is 11.2. The van der Waals surface area contributed by atoms with Crippen molar-refractivity contribution < 1.29 is 14.3 Å². The number of rotatable bonds is 8. The standard InChI is InChI=1S/C18H34N4O3/c1-2-20-18(22-9-3-5-15(14-22)13-17(19)23)21-8-4-10-25-16-6-11-24-12-7-16/h15-16H,2-14H2,1H3,(H2,19,23)(H,20,21). The van der Waals surface area contributed by atoms with Crippen LogP contribution in [0.5, 0.6) is 0 Å². The van der Waals surface area contributed by atoms with Crippen LogP contribution in [0.3, 0.4) is 0 Å². The summed E-state index contributed by atoms with van der Waals surface area (Å²) in [5.41, 5.74) is 5.35. The van der Waals surface area contributed by atoms with Crippen molar-refractivity contribution >= 4 is 11.9 Å². The summed E-state index contributed by atoms with van der Waals surface area (Å²) in [6.45, 7) is 7.89. The van der Waals surface area contributed by atoms with Crippen molar-refractivity contribution in [3.05, 3.63) is 0 Å². The lowest BCUT2D eigenvalue weighted by Gasteiger charge is -2.34. The van der Waals surface area contributed by atoms with Crippen LogP contribution in [0, 0.1) is 5.92 Å². The molecule has 0 saturated carbocycles. The molecule has 0 aliphatic carbocycles. The number of nitrogens with one attached hydrogen (secondary N) is 1. The monoisotopic (exact) mass is 354 g/mol. The molecule has 144 valence electrons. The first-order valence-electron chi connectivity index (χ1n) is 9.70. The average molecular weight is 354 g/mol. The van der Waals surface area contributed by atoms with Gasteiger partial charge in [-0.2, -0.15) is 0 Å². The molecule has 7 heteroatoms. The Morgan fingerprint density at radius 2 is 2.16 bits per heavy atom. The fourth-order valence-electron chi connectivity index (χ4n) is 3.48. The highest BCUT2D eigenvalue weighted by molar-refractivity contribution is 5.80. The van der Waals surface area contributed by atoms with E-state index in [1.165, 1.54) is 0 Å². The second-order valence-corrected chi connectivity index (χ2v) is 6.90. The predicted octanol–water partition coefficient (Wildman–Crippen LogP) is 1.13. The molecule has 1 atom stereocenters. The number of carbonyl (C=O) groups excluding carboxylic acids is 1. The van der Waals surface area contributed by atoms with E-state index in [0.717, 1.165) is 84.1 Å². The number of amides is 1. The van der Waals surface area contributed by atoms with Crippen molar-refractivity contribution in [3.8, 4) is 0 Å². The Hall–Kier alpha value is -1.34. The van der Waals surface area contributed by atoms with Crippen molar-refractivity contribution in [2.45, 2.75) is 51.6 Å². The Bertz CT molecular complexity index is 425. The van der Waals surface area contributed by atoms with Gasteiger partial charge >= 0.3 is 0 Å². The smallest absolute Gasteiger partial charge is 0.217 e. The summed E-state index contributed by atoms with van der Waals surface area (Å²) in [4.78, 5) is 18.2. The molecular weight excluding hydrogens is 320 g/mol. The Kier molecular flexibility index (Phi) is 9.04. The van der Waals surface area contributed by atoms with Gasteiger partial charge in [0, 0.05) is 52.4 Å². The molecule has 0 bridgehead atoms. The quantitative estimate of drug-likeness (QED) is 0.387. The molecule has 1 unspecified atom stereocenters. The molecule has 2 aliphatic rings. The van der Waals surface area contributed by atoms with Crippen LogP contribution in [0.1, 0.15) is 45.4 Å². The number of guanidine groups is 1. The van der Waals surface area contributed by atoms with Crippen LogP contribution in [0.15, 0.2) is 4.99 Å². The SMILES string of the molecule is CCNC(=NCCCOC1CCOCC1)N1CCCC(CC(N)=O)C1. The van der Waals surface area contributed by atoms with Gasteiger partial charge < -0.3 is 25.4 Å². The zero-order valence-electron chi connectivity index (χ0n) is 15.5. The molecule has 25 heavy (non-hydrogen) atoms. The Morgan fingerprint density at radius 3 is 2.88 bits per heavy atom. The highest BCUT2D eigenvalue weighted by Gasteiger charge is 2.23. The van der Waals surface area contributed by atoms with E-state index >= 15 is 0 Å². The van der Waals surface area contributed by atoms with Crippen LogP contribution in [0.25, 0.3) is 0 Å². The maximum Gasteiger partial charge on any atom is 0.217 e. The van der Waals surface area contributed by atoms with Gasteiger partial charge in [0.1, 0.15) is 0 Å². The van der Waals surface area contributed by atoms with Gasteiger partial charge in [-0.15, -0.1) is 0 Å². The van der Waals surface area contributed by atoms with Gasteiger partial charge in [-0.05, 0) is 44.9 Å². The first kappa shape index (κ1) is 20.0. The second-order valence-electron chi connectivity index (χ2n) is 6.90. The average Bonchev–Trinajstić information content (AvgIpc) is 2.61. The molecular formula is C18H34N4O3. The molecule has 0 aromatic carbocycles. The van der Waals surface area contributed by atoms with Gasteiger partial charge in [0.15, 0.2) is 5.96 Å². The largest absolute Gasteiger partial charge is 0.381 e. The van der Waals surface area contributed by atoms with Crippen LogP contribution in [-0.4, -0.2) is 68.9 Å². The lowest BCUT2D eigenvalue weighted by Crippen LogP contribution is -2.47. The van der Waals surface area contributed by atoms with E-state index in [9.17, 15) is 4.79 Å². The second kappa shape index (κ2) is 11.3. The summed E-state index contributed by atoms with van der Waals surface area (Å²) in [5.74, 6) is 1.08. The van der Waals surface area contributed by atoms with Crippen LogP contribution in [0.2, 0.25) is 0 Å². The van der Waals surface area contributed by atoms with Gasteiger partial charge in [-0.3, -0.25) is 9.79 Å². The molecule has 7 nitrogen and oxygen atoms in total. The molecule has 0 aromatic rings. The molecule has 3 N–H and O–H groups in total. The molecule has 2 rings (SSSR count). The van der Waals surface area contributed by atoms with Gasteiger partial charge in [-0.25, -0.2) is 0 Å². The number of nitrogens with zero attached hydrogens (tertiary/aromatic N) is 2. The maximum atomic E-state index is 11.2. The number of hydrogen-bond donors (Lipinski definition) is 2. The topological polar surface area (TPSA) is 89.2 Å². The van der Waals surface area contributed by atoms with Crippen molar-refractivity contribution in [2.75, 3.05) is 46.0 Å². The van der Waals surface area contributed by atoms with E-state index in [1.54, 1.807) is 0 Å². The van der Waals surface area contributed by atoms with Crippen molar-refractivity contribution in [1.29, 1.82) is 0 Å². The number of primary amides is 1. The number of carbonyl (C=O) groups is 1. The molecule has 0 aromatic heterocycles. The van der Waals surface area contributed by atoms with E-state index in [2.05, 4.69) is 17.1 Å². The molecule has 1 amide bonds. The number of piperidine rings is 1. The first-order valence-corrected chi connectivity index (χ1v) is 9.70. The fourth-order valence-corrected chi connectivity index (χ4v) is 3.48. The molecule has 2 saturated heterocycles. The van der Waals surface area contributed by atoms with Crippen LogP contribution < -0.4 is 11.1 Å². The molecule has 2 fully saturated rings. The van der Waals surface area contributed by atoms with Gasteiger partial charge in [0.25, 0.3) is 0 Å². The predicted molar refractivity (Wildman–Crippen MR) is 98.5 cm³/mol. The van der Waals surface area contributed by atoms with Crippen molar-refractivity contribution in [3.63, 3.8) is 0 Å². The van der Waals surface area contributed by atoms with Gasteiger partial charge in [0.2, 0.25) is 5.91 Å². The summed E-state index contributed by atoms with van der Waals surface area (Å²) in [6.07, 6.45) is 5.89. The third-order valence-corrected chi connectivity index (χ3v) is 4.73. The highest BCUT2D eigenvalue weighted by Crippen LogP contribution is 2.19. The van der Waals surface area contributed by atoms with Crippen LogP contribution in [0.4, 0.5) is 0 Å². The van der Waals surface area contributed by atoms with Gasteiger partial charge in [-0.1, -0.05) is 0 Å². The van der Waals surface area contributed by atoms with E-state index in [-0.39, 0.29) is 5.91 Å². The minimum Gasteiger partial charge on any atom is -0.381 e. The third kappa shape index (κ3) is 7.61. The number of nitrogens with two attached hydrogens (primary N) is 1. The summed E-state index contributed by atoms with van der Waals surface area (Å²) >= 11 is 0. The minimum atomic E-state index is -0.209. The normalized spacial score (nSPS) is 22.8. The summed E-state index contributed by atoms with van der Waals surface area (Å²) < 4.78 is 11.2. The summed E-state index contributed by atoms with van der Waals surface area (Å²) in [5, 5.41) is 3.37. The zero-order chi connectivity index (χ0) is 17.9. The lowest BCUT2D eigenvalue weighted by molar-refractivity contribution is -0.119. The minimum absolute atomic E-state index is 0.209. The molecule has 2 aliphatic heterocycles. The molecule has 2 heterocycles. The van der Waals surface area contributed by atoms with E-state index in [4.69, 9.17) is 20.2 Å². The van der Waals surface area contributed by atoms with E-state index < -0.39 is 0 Å². The lowest BCUT2D eigenvalue weighted by atomic mass is 9.95. The van der Waals surface area contributed by atoms with E-state index in [1.807, 2.05) is 0 Å². The molecule has 0 radical (unpaired) electrons. The van der Waals surface area contributed by atoms with Crippen molar-refractivity contribution in [2.24, 2.45) is 16.6 Å². The number of hydrogen-bond acceptors (Lipinski definition) is 4. The van der Waals surface area contributed by atoms with Crippen LogP contribution >= 0.6 is 0 Å². The van der Waals surface area contributed by atoms with Crippen LogP contribution in [-0.2, 0) is 14.3 Å². The number of ether oxygens (including phenoxy) is 2. The third-order valence-electron chi connectivity index (χ3n) is 4.73. The Balaban J connectivity index is 1.73. The summed E-state index contributed by atoms with van der Waals surface area (Å²) in [7, 11) is 0. The number of aliphatic imine (C=N–C) groups is 1.